The van der Waals surface area contributed by atoms with Crippen LogP contribution < -0.4 is 0 Å². The Morgan fingerprint density at radius 3 is 2.00 bits per heavy atom. The zero-order valence-electron chi connectivity index (χ0n) is 19.0. The lowest BCUT2D eigenvalue weighted by atomic mass is 10.1. The molecule has 3 nitrogen and oxygen atoms in total. The van der Waals surface area contributed by atoms with Crippen LogP contribution >= 0.6 is 0 Å². The van der Waals surface area contributed by atoms with Crippen molar-refractivity contribution >= 4 is 22.9 Å². The van der Waals surface area contributed by atoms with Gasteiger partial charge in [0.25, 0.3) is 0 Å². The van der Waals surface area contributed by atoms with Crippen LogP contribution in [-0.2, 0) is 13.6 Å². The van der Waals surface area contributed by atoms with Crippen molar-refractivity contribution in [3.8, 4) is 0 Å². The molecule has 0 aliphatic carbocycles. The quantitative estimate of drug-likeness (QED) is 0.161. The summed E-state index contributed by atoms with van der Waals surface area (Å²) in [4.78, 5) is 10.7. The Morgan fingerprint density at radius 2 is 1.54 bits per heavy atom. The average Bonchev–Trinajstić information content (AvgIpc) is 2.46. The third-order valence-corrected chi connectivity index (χ3v) is 10.7. The lowest BCUT2D eigenvalue weighted by molar-refractivity contribution is -0.110. The van der Waals surface area contributed by atoms with Gasteiger partial charge in [0, 0.05) is 5.92 Å². The molecule has 0 unspecified atom stereocenters. The van der Waals surface area contributed by atoms with Gasteiger partial charge in [-0.1, -0.05) is 39.8 Å². The molecule has 5 heteroatoms. The molecule has 0 rings (SSSR count). The minimum atomic E-state index is -1.80. The SMILES string of the molecule is C[C@H](C=O)CCC/C=C\C[C@H](O[Si](C)(C)C)[C@@H](C)O[Si](C)(C)C(C)(C)C. The van der Waals surface area contributed by atoms with E-state index < -0.39 is 16.6 Å². The lowest BCUT2D eigenvalue weighted by Gasteiger charge is -2.41. The molecule has 26 heavy (non-hydrogen) atoms. The molecule has 0 N–H and O–H groups in total. The van der Waals surface area contributed by atoms with Gasteiger partial charge in [0.1, 0.15) is 6.29 Å². The predicted octanol–water partition coefficient (Wildman–Crippen LogP) is 6.57. The molecular weight excluding hydrogens is 356 g/mol. The molecule has 0 saturated carbocycles. The van der Waals surface area contributed by atoms with E-state index in [0.29, 0.717) is 0 Å². The molecular formula is C21H44O3Si2. The standard InChI is InChI=1S/C21H44O3Si2/c1-18(17-22)15-13-11-12-14-16-20(24-25(6,7)8)19(2)23-26(9,10)21(3,4)5/h12,14,17-20H,11,13,15-16H2,1-10H3/b14-12-/t18-,19+,20-/m0/s1. The molecule has 0 saturated heterocycles. The van der Waals surface area contributed by atoms with Crippen LogP contribution in [0, 0.1) is 5.92 Å². The van der Waals surface area contributed by atoms with E-state index in [1.165, 1.54) is 0 Å². The minimum Gasteiger partial charge on any atom is -0.412 e. The van der Waals surface area contributed by atoms with E-state index in [4.69, 9.17) is 8.85 Å². The number of hydrogen-bond donors (Lipinski definition) is 0. The van der Waals surface area contributed by atoms with Crippen LogP contribution in [0.4, 0.5) is 0 Å². The van der Waals surface area contributed by atoms with E-state index >= 15 is 0 Å². The van der Waals surface area contributed by atoms with Crippen LogP contribution in [-0.4, -0.2) is 35.1 Å². The third kappa shape index (κ3) is 10.8. The van der Waals surface area contributed by atoms with Crippen LogP contribution in [0.3, 0.4) is 0 Å². The van der Waals surface area contributed by atoms with Gasteiger partial charge >= 0.3 is 0 Å². The van der Waals surface area contributed by atoms with E-state index in [1.54, 1.807) is 0 Å². The summed E-state index contributed by atoms with van der Waals surface area (Å²) in [6, 6.07) is 0. The largest absolute Gasteiger partial charge is 0.412 e. The second-order valence-corrected chi connectivity index (χ2v) is 19.3. The maximum Gasteiger partial charge on any atom is 0.192 e. The number of allylic oxidation sites excluding steroid dienone is 1. The molecule has 3 atom stereocenters. The Hall–Kier alpha value is -0.236. The predicted molar refractivity (Wildman–Crippen MR) is 119 cm³/mol. The van der Waals surface area contributed by atoms with E-state index in [-0.39, 0.29) is 23.2 Å². The summed E-state index contributed by atoms with van der Waals surface area (Å²) in [5.41, 5.74) is 0. The Balaban J connectivity index is 4.78. The van der Waals surface area contributed by atoms with Gasteiger partial charge in [-0.2, -0.15) is 0 Å². The Kier molecular flexibility index (Phi) is 10.8. The van der Waals surface area contributed by atoms with Gasteiger partial charge in [-0.3, -0.25) is 0 Å². The number of aldehydes is 1. The van der Waals surface area contributed by atoms with Gasteiger partial charge < -0.3 is 13.6 Å². The van der Waals surface area contributed by atoms with Crippen molar-refractivity contribution in [3.63, 3.8) is 0 Å². The van der Waals surface area contributed by atoms with Gasteiger partial charge in [-0.25, -0.2) is 0 Å². The Labute approximate surface area is 165 Å². The van der Waals surface area contributed by atoms with E-state index in [9.17, 15) is 4.79 Å². The zero-order valence-corrected chi connectivity index (χ0v) is 21.0. The molecule has 0 bridgehead atoms. The summed E-state index contributed by atoms with van der Waals surface area (Å²) >= 11 is 0. The van der Waals surface area contributed by atoms with Gasteiger partial charge in [0.2, 0.25) is 0 Å². The highest BCUT2D eigenvalue weighted by atomic mass is 28.4. The molecule has 0 aliphatic rings. The molecule has 154 valence electrons. The first-order chi connectivity index (χ1) is 11.7. The first-order valence-electron chi connectivity index (χ1n) is 10.2. The fraction of sp³-hybridized carbons (Fsp3) is 0.857. The summed E-state index contributed by atoms with van der Waals surface area (Å²) in [6.07, 6.45) is 9.67. The normalized spacial score (nSPS) is 17.3. The molecule has 0 aromatic carbocycles. The number of hydrogen-bond acceptors (Lipinski definition) is 3. The van der Waals surface area contributed by atoms with Gasteiger partial charge in [-0.05, 0) is 70.4 Å². The van der Waals surface area contributed by atoms with Crippen molar-refractivity contribution in [1.82, 2.24) is 0 Å². The molecule has 0 radical (unpaired) electrons. The highest BCUT2D eigenvalue weighted by Gasteiger charge is 2.40. The molecule has 0 spiro atoms. The fourth-order valence-electron chi connectivity index (χ4n) is 2.48. The molecule has 0 fully saturated rings. The highest BCUT2D eigenvalue weighted by Crippen LogP contribution is 2.38. The number of unbranched alkanes of at least 4 members (excludes halogenated alkanes) is 1. The first-order valence-corrected chi connectivity index (χ1v) is 16.5. The molecule has 0 amide bonds. The molecule has 0 aliphatic heterocycles. The van der Waals surface area contributed by atoms with E-state index in [2.05, 4.69) is 72.6 Å². The molecule has 0 heterocycles. The van der Waals surface area contributed by atoms with Crippen LogP contribution in [0.2, 0.25) is 37.8 Å². The summed E-state index contributed by atoms with van der Waals surface area (Å²) in [5.74, 6) is 0.171. The zero-order chi connectivity index (χ0) is 20.6. The van der Waals surface area contributed by atoms with Crippen molar-refractivity contribution in [1.29, 1.82) is 0 Å². The Bertz CT molecular complexity index is 434. The fourth-order valence-corrected chi connectivity index (χ4v) is 5.11. The van der Waals surface area contributed by atoms with Crippen molar-refractivity contribution in [2.45, 2.75) is 110 Å². The van der Waals surface area contributed by atoms with Crippen molar-refractivity contribution in [3.05, 3.63) is 12.2 Å². The maximum atomic E-state index is 10.7. The monoisotopic (exact) mass is 400 g/mol. The first kappa shape index (κ1) is 25.8. The Morgan fingerprint density at radius 1 is 0.962 bits per heavy atom. The second kappa shape index (κ2) is 10.9. The molecule has 0 aromatic rings. The summed E-state index contributed by atoms with van der Waals surface area (Å²) in [7, 11) is -3.44. The molecule has 0 aromatic heterocycles. The maximum absolute atomic E-state index is 10.7. The van der Waals surface area contributed by atoms with Gasteiger partial charge in [0.15, 0.2) is 16.6 Å². The summed E-state index contributed by atoms with van der Waals surface area (Å²) in [6.45, 7) is 22.3. The third-order valence-electron chi connectivity index (χ3n) is 5.11. The van der Waals surface area contributed by atoms with Crippen LogP contribution in [0.15, 0.2) is 12.2 Å². The van der Waals surface area contributed by atoms with Crippen molar-refractivity contribution in [2.24, 2.45) is 5.92 Å². The van der Waals surface area contributed by atoms with Crippen LogP contribution in [0.25, 0.3) is 0 Å². The van der Waals surface area contributed by atoms with E-state index in [0.717, 1.165) is 32.0 Å². The van der Waals surface area contributed by atoms with Gasteiger partial charge in [0.05, 0.1) is 12.2 Å². The smallest absolute Gasteiger partial charge is 0.192 e. The summed E-state index contributed by atoms with van der Waals surface area (Å²) in [5, 5.41) is 0.204. The van der Waals surface area contributed by atoms with E-state index in [1.807, 2.05) is 6.92 Å². The summed E-state index contributed by atoms with van der Waals surface area (Å²) < 4.78 is 13.1. The highest BCUT2D eigenvalue weighted by molar-refractivity contribution is 6.74. The topological polar surface area (TPSA) is 35.5 Å². The number of rotatable bonds is 12. The minimum absolute atomic E-state index is 0.0994. The van der Waals surface area contributed by atoms with Gasteiger partial charge in [-0.15, -0.1) is 0 Å². The lowest BCUT2D eigenvalue weighted by Crippen LogP contribution is -2.48. The second-order valence-electron chi connectivity index (χ2n) is 10.1. The number of carbonyl (C=O) groups is 1. The number of carbonyl (C=O) groups excluding carboxylic acids is 1. The van der Waals surface area contributed by atoms with Crippen LogP contribution in [0.1, 0.15) is 60.3 Å². The van der Waals surface area contributed by atoms with Crippen molar-refractivity contribution in [2.75, 3.05) is 0 Å². The van der Waals surface area contributed by atoms with Crippen molar-refractivity contribution < 1.29 is 13.6 Å². The van der Waals surface area contributed by atoms with Crippen LogP contribution in [0.5, 0.6) is 0 Å². The average molecular weight is 401 g/mol.